The summed E-state index contributed by atoms with van der Waals surface area (Å²) in [7, 11) is 0. The first-order chi connectivity index (χ1) is 36.3. The first kappa shape index (κ1) is 51.1. The minimum atomic E-state index is -4.56. The van der Waals surface area contributed by atoms with E-state index in [1.165, 1.54) is 78.9 Å². The fourth-order valence-corrected chi connectivity index (χ4v) is 11.2. The minimum Gasteiger partial charge on any atom is -0.309 e. The maximum atomic E-state index is 15.1. The fourth-order valence-electron chi connectivity index (χ4n) is 11.2. The van der Waals surface area contributed by atoms with Crippen LogP contribution in [0.1, 0.15) is 105 Å². The molecular formula is C71H68F3N. The van der Waals surface area contributed by atoms with Gasteiger partial charge in [0.25, 0.3) is 0 Å². The molecule has 0 aliphatic rings. The van der Waals surface area contributed by atoms with Gasteiger partial charge in [-0.3, -0.25) is 0 Å². The van der Waals surface area contributed by atoms with Gasteiger partial charge in [0.1, 0.15) is 0 Å². The van der Waals surface area contributed by atoms with E-state index in [0.717, 1.165) is 107 Å². The number of alkyl halides is 3. The second-order valence-corrected chi connectivity index (χ2v) is 20.4. The van der Waals surface area contributed by atoms with E-state index in [1.807, 2.05) is 16.7 Å². The number of benzene rings is 9. The second kappa shape index (κ2) is 21.4. The Kier molecular flexibility index (Phi) is 14.6. The van der Waals surface area contributed by atoms with Crippen molar-refractivity contribution < 1.29 is 13.2 Å². The maximum absolute atomic E-state index is 15.1. The zero-order valence-corrected chi connectivity index (χ0v) is 44.9. The van der Waals surface area contributed by atoms with Gasteiger partial charge in [-0.15, -0.1) is 0 Å². The lowest BCUT2D eigenvalue weighted by Crippen LogP contribution is -2.10. The van der Waals surface area contributed by atoms with Crippen LogP contribution in [0.5, 0.6) is 0 Å². The smallest absolute Gasteiger partial charge is 0.309 e. The van der Waals surface area contributed by atoms with Crippen LogP contribution in [0, 0.1) is 0 Å². The maximum Gasteiger partial charge on any atom is 0.418 e. The van der Waals surface area contributed by atoms with Gasteiger partial charge in [0.2, 0.25) is 0 Å². The highest BCUT2D eigenvalue weighted by molar-refractivity contribution is 6.12. The van der Waals surface area contributed by atoms with E-state index in [0.29, 0.717) is 11.0 Å². The average Bonchev–Trinajstić information content (AvgIpc) is 3.79. The molecule has 0 fully saturated rings. The largest absolute Gasteiger partial charge is 0.418 e. The SMILES string of the molecule is CCc1cc(CC)cc(-c2cc(-c3cc(CC)cc(CC)c3)cc(-c3ccc4c(c3)c3cc(-c5cc(-c6cc(CC)cc(CC)c6)cc(-c6cc(CC)cc(CC)c6)c5)ccc3n4-c3ccccc3C(F)(F)F)c2)c1. The summed E-state index contributed by atoms with van der Waals surface area (Å²) >= 11 is 0. The summed E-state index contributed by atoms with van der Waals surface area (Å²) in [6.45, 7) is 17.7. The van der Waals surface area contributed by atoms with E-state index in [-0.39, 0.29) is 5.69 Å². The standard InChI is InChI=1S/C71H68F3N/c1-9-45-25-46(10-2)30-55(29-45)61-37-59(38-62(41-61)56-31-47(11-3)26-48(12-4)32-56)53-21-23-68-65(43-53)66-44-54(22-24-69(66)75(68)70-20-18-17-19-67(70)71(72,73)74)60-39-63(57-33-49(13-5)27-50(14-6)34-57)42-64(40-60)58-35-51(15-7)28-52(16-8)36-58/h17-44H,9-16H2,1-8H3. The van der Waals surface area contributed by atoms with Crippen molar-refractivity contribution in [3.8, 4) is 72.4 Å². The van der Waals surface area contributed by atoms with Crippen LogP contribution >= 0.6 is 0 Å². The number of para-hydroxylation sites is 1. The van der Waals surface area contributed by atoms with Crippen molar-refractivity contribution in [1.82, 2.24) is 4.57 Å². The van der Waals surface area contributed by atoms with Gasteiger partial charge in [-0.2, -0.15) is 13.2 Å². The van der Waals surface area contributed by atoms with Crippen LogP contribution in [0.4, 0.5) is 13.2 Å². The van der Waals surface area contributed by atoms with Crippen LogP contribution in [-0.4, -0.2) is 4.57 Å². The van der Waals surface area contributed by atoms with Gasteiger partial charge >= 0.3 is 6.18 Å². The van der Waals surface area contributed by atoms with Gasteiger partial charge in [-0.05, 0) is 235 Å². The number of hydrogen-bond donors (Lipinski definition) is 0. The molecule has 75 heavy (non-hydrogen) atoms. The zero-order chi connectivity index (χ0) is 52.5. The predicted octanol–water partition coefficient (Wildman–Crippen LogP) is 20.3. The first-order valence-electron chi connectivity index (χ1n) is 27.4. The molecule has 378 valence electrons. The molecule has 0 spiro atoms. The number of aryl methyl sites for hydroxylation is 8. The van der Waals surface area contributed by atoms with Crippen molar-refractivity contribution in [1.29, 1.82) is 0 Å². The van der Waals surface area contributed by atoms with E-state index in [2.05, 4.69) is 189 Å². The quantitative estimate of drug-likeness (QED) is 0.0965. The van der Waals surface area contributed by atoms with E-state index in [9.17, 15) is 0 Å². The topological polar surface area (TPSA) is 4.93 Å². The van der Waals surface area contributed by atoms with Crippen LogP contribution in [0.3, 0.4) is 0 Å². The van der Waals surface area contributed by atoms with Crippen molar-refractivity contribution in [2.45, 2.75) is 113 Å². The highest BCUT2D eigenvalue weighted by Gasteiger charge is 2.34. The molecule has 0 amide bonds. The second-order valence-electron chi connectivity index (χ2n) is 20.4. The molecular weight excluding hydrogens is 924 g/mol. The van der Waals surface area contributed by atoms with Crippen molar-refractivity contribution in [3.05, 3.63) is 220 Å². The Bertz CT molecular complexity index is 3300. The molecule has 9 aromatic carbocycles. The Balaban J connectivity index is 1.24. The van der Waals surface area contributed by atoms with Crippen LogP contribution in [0.25, 0.3) is 94.3 Å². The van der Waals surface area contributed by atoms with Gasteiger partial charge in [0, 0.05) is 10.8 Å². The Morgan fingerprint density at radius 2 is 0.533 bits per heavy atom. The lowest BCUT2D eigenvalue weighted by molar-refractivity contribution is -0.137. The van der Waals surface area contributed by atoms with Gasteiger partial charge < -0.3 is 4.57 Å². The van der Waals surface area contributed by atoms with Crippen LogP contribution in [-0.2, 0) is 57.5 Å². The Labute approximate surface area is 442 Å². The molecule has 1 nitrogen and oxygen atoms in total. The fraction of sp³-hybridized carbons (Fsp3) is 0.239. The summed E-state index contributed by atoms with van der Waals surface area (Å²) in [6.07, 6.45) is 2.95. The van der Waals surface area contributed by atoms with Crippen molar-refractivity contribution in [2.24, 2.45) is 0 Å². The zero-order valence-electron chi connectivity index (χ0n) is 44.9. The summed E-state index contributed by atoms with van der Waals surface area (Å²) in [5.41, 5.74) is 24.7. The number of aromatic nitrogens is 1. The van der Waals surface area contributed by atoms with E-state index in [1.54, 1.807) is 12.1 Å². The van der Waals surface area contributed by atoms with Gasteiger partial charge in [0.15, 0.2) is 0 Å². The molecule has 0 unspecified atom stereocenters. The number of hydrogen-bond acceptors (Lipinski definition) is 0. The average molecular weight is 992 g/mol. The third-order valence-electron chi connectivity index (χ3n) is 15.6. The summed E-state index contributed by atoms with van der Waals surface area (Å²) < 4.78 is 47.1. The lowest BCUT2D eigenvalue weighted by Gasteiger charge is -2.16. The summed E-state index contributed by atoms with van der Waals surface area (Å²) in [6, 6.07) is 60.4. The highest BCUT2D eigenvalue weighted by Crippen LogP contribution is 2.44. The van der Waals surface area contributed by atoms with Crippen molar-refractivity contribution >= 4 is 21.8 Å². The number of nitrogens with zero attached hydrogens (tertiary/aromatic N) is 1. The molecule has 0 saturated carbocycles. The molecule has 0 atom stereocenters. The summed E-state index contributed by atoms with van der Waals surface area (Å²) in [5, 5.41) is 1.78. The number of halogens is 3. The molecule has 0 radical (unpaired) electrons. The highest BCUT2D eigenvalue weighted by atomic mass is 19.4. The molecule has 4 heteroatoms. The number of rotatable bonds is 15. The molecule has 0 aliphatic heterocycles. The molecule has 0 bridgehead atoms. The first-order valence-corrected chi connectivity index (χ1v) is 27.4. The van der Waals surface area contributed by atoms with Crippen LogP contribution in [0.15, 0.2) is 170 Å². The predicted molar refractivity (Wildman–Crippen MR) is 313 cm³/mol. The lowest BCUT2D eigenvalue weighted by atomic mass is 9.89. The molecule has 0 saturated heterocycles. The Hall–Kier alpha value is -7.43. The van der Waals surface area contributed by atoms with Crippen molar-refractivity contribution in [3.63, 3.8) is 0 Å². The van der Waals surface area contributed by atoms with Gasteiger partial charge in [0.05, 0.1) is 22.3 Å². The monoisotopic (exact) mass is 992 g/mol. The number of fused-ring (bicyclic) bond motifs is 3. The summed E-state index contributed by atoms with van der Waals surface area (Å²) in [4.78, 5) is 0. The molecule has 1 heterocycles. The molecule has 10 aromatic rings. The molecule has 1 aromatic heterocycles. The Morgan fingerprint density at radius 1 is 0.280 bits per heavy atom. The minimum absolute atomic E-state index is 0.106. The van der Waals surface area contributed by atoms with E-state index < -0.39 is 11.7 Å². The summed E-state index contributed by atoms with van der Waals surface area (Å²) in [5.74, 6) is 0. The van der Waals surface area contributed by atoms with Crippen LogP contribution < -0.4 is 0 Å². The molecule has 10 rings (SSSR count). The van der Waals surface area contributed by atoms with Gasteiger partial charge in [-0.1, -0.05) is 152 Å². The molecule has 0 N–H and O–H groups in total. The van der Waals surface area contributed by atoms with E-state index in [4.69, 9.17) is 0 Å². The third-order valence-corrected chi connectivity index (χ3v) is 15.6. The molecule has 0 aliphatic carbocycles. The van der Waals surface area contributed by atoms with Gasteiger partial charge in [-0.25, -0.2) is 0 Å². The van der Waals surface area contributed by atoms with Crippen molar-refractivity contribution in [2.75, 3.05) is 0 Å². The van der Waals surface area contributed by atoms with E-state index >= 15 is 13.2 Å². The van der Waals surface area contributed by atoms with Crippen LogP contribution in [0.2, 0.25) is 0 Å². The third kappa shape index (κ3) is 10.4. The normalized spacial score (nSPS) is 11.8. The Morgan fingerprint density at radius 3 is 0.800 bits per heavy atom.